The van der Waals surface area contributed by atoms with Gasteiger partial charge in [-0.25, -0.2) is 0 Å². The quantitative estimate of drug-likeness (QED) is 0.253. The molecule has 0 saturated carbocycles. The maximum Gasteiger partial charge on any atom is 0.305 e. The van der Waals surface area contributed by atoms with Gasteiger partial charge in [0.2, 0.25) is 0 Å². The summed E-state index contributed by atoms with van der Waals surface area (Å²) < 4.78 is 5.12. The molecular formula is C17H32O2. The number of carbonyl (C=O) groups excluding carboxylic acids is 1. The molecule has 0 aromatic heterocycles. The fourth-order valence-electron chi connectivity index (χ4n) is 1.98. The van der Waals surface area contributed by atoms with E-state index < -0.39 is 0 Å². The Balaban J connectivity index is 3.11. The number of hydrogen-bond donors (Lipinski definition) is 0. The van der Waals surface area contributed by atoms with Crippen LogP contribution in [-0.2, 0) is 9.53 Å². The van der Waals surface area contributed by atoms with Gasteiger partial charge < -0.3 is 4.74 Å². The summed E-state index contributed by atoms with van der Waals surface area (Å²) in [5, 5.41) is 0. The molecule has 2 nitrogen and oxygen atoms in total. The first kappa shape index (κ1) is 18.2. The van der Waals surface area contributed by atoms with Crippen molar-refractivity contribution in [1.29, 1.82) is 0 Å². The highest BCUT2D eigenvalue weighted by Gasteiger charge is 2.01. The predicted molar refractivity (Wildman–Crippen MR) is 82.2 cm³/mol. The number of unbranched alkanes of at least 4 members (excludes halogenated alkanes) is 8. The number of esters is 1. The number of hydrogen-bond acceptors (Lipinski definition) is 2. The van der Waals surface area contributed by atoms with E-state index in [1.165, 1.54) is 38.5 Å². The van der Waals surface area contributed by atoms with Crippen molar-refractivity contribution in [3.05, 3.63) is 12.2 Å². The maximum absolute atomic E-state index is 11.3. The number of ether oxygens (including phenoxy) is 1. The highest BCUT2D eigenvalue weighted by molar-refractivity contribution is 5.69. The Hall–Kier alpha value is -0.790. The molecule has 0 bridgehead atoms. The van der Waals surface area contributed by atoms with Gasteiger partial charge in [-0.15, -0.1) is 0 Å². The molecule has 0 unspecified atom stereocenters. The standard InChI is InChI=1S/C17H32O2/c1-3-5-7-8-9-10-11-12-13-14-15-17(18)19-16-6-4-2/h3,5H,4,6-16H2,1-2H3/b5-3+. The summed E-state index contributed by atoms with van der Waals surface area (Å²) in [6.45, 7) is 4.78. The number of allylic oxidation sites excluding steroid dienone is 2. The zero-order valence-electron chi connectivity index (χ0n) is 13.0. The van der Waals surface area contributed by atoms with Gasteiger partial charge in [-0.3, -0.25) is 4.79 Å². The molecule has 0 spiro atoms. The predicted octanol–water partition coefficient (Wildman–Crippen LogP) is 5.42. The molecule has 0 N–H and O–H groups in total. The van der Waals surface area contributed by atoms with E-state index in [1.807, 2.05) is 0 Å². The molecule has 0 aromatic carbocycles. The first-order chi connectivity index (χ1) is 9.31. The van der Waals surface area contributed by atoms with Gasteiger partial charge in [0, 0.05) is 6.42 Å². The van der Waals surface area contributed by atoms with Crippen LogP contribution in [0.4, 0.5) is 0 Å². The molecular weight excluding hydrogens is 236 g/mol. The van der Waals surface area contributed by atoms with Crippen LogP contribution >= 0.6 is 0 Å². The van der Waals surface area contributed by atoms with Crippen LogP contribution in [0.5, 0.6) is 0 Å². The molecule has 0 aliphatic carbocycles. The summed E-state index contributed by atoms with van der Waals surface area (Å²) in [6.07, 6.45) is 17.0. The average Bonchev–Trinajstić information content (AvgIpc) is 2.41. The van der Waals surface area contributed by atoms with Crippen LogP contribution in [0.3, 0.4) is 0 Å². The summed E-state index contributed by atoms with van der Waals surface area (Å²) in [6, 6.07) is 0. The van der Waals surface area contributed by atoms with Crippen molar-refractivity contribution in [2.24, 2.45) is 0 Å². The lowest BCUT2D eigenvalue weighted by molar-refractivity contribution is -0.143. The lowest BCUT2D eigenvalue weighted by Gasteiger charge is -2.04. The highest BCUT2D eigenvalue weighted by Crippen LogP contribution is 2.10. The summed E-state index contributed by atoms with van der Waals surface area (Å²) in [5.74, 6) is -0.0141. The molecule has 0 aromatic rings. The Kier molecular flexibility index (Phi) is 14.6. The topological polar surface area (TPSA) is 26.3 Å². The highest BCUT2D eigenvalue weighted by atomic mass is 16.5. The first-order valence-electron chi connectivity index (χ1n) is 8.08. The second kappa shape index (κ2) is 15.3. The summed E-state index contributed by atoms with van der Waals surface area (Å²) in [5.41, 5.74) is 0. The summed E-state index contributed by atoms with van der Waals surface area (Å²) in [7, 11) is 0. The molecule has 0 atom stereocenters. The number of rotatable bonds is 13. The van der Waals surface area contributed by atoms with Crippen molar-refractivity contribution in [2.45, 2.75) is 84.5 Å². The third kappa shape index (κ3) is 15.2. The normalized spacial score (nSPS) is 11.1. The van der Waals surface area contributed by atoms with Gasteiger partial charge in [0.15, 0.2) is 0 Å². The van der Waals surface area contributed by atoms with E-state index in [0.717, 1.165) is 25.7 Å². The van der Waals surface area contributed by atoms with Crippen molar-refractivity contribution in [1.82, 2.24) is 0 Å². The largest absolute Gasteiger partial charge is 0.466 e. The third-order valence-electron chi connectivity index (χ3n) is 3.25. The van der Waals surface area contributed by atoms with E-state index in [9.17, 15) is 4.79 Å². The molecule has 0 aliphatic rings. The minimum atomic E-state index is -0.0141. The smallest absolute Gasteiger partial charge is 0.305 e. The summed E-state index contributed by atoms with van der Waals surface area (Å²) >= 11 is 0. The van der Waals surface area contributed by atoms with Gasteiger partial charge in [0.05, 0.1) is 6.61 Å². The molecule has 0 radical (unpaired) electrons. The van der Waals surface area contributed by atoms with Crippen molar-refractivity contribution < 1.29 is 9.53 Å². The van der Waals surface area contributed by atoms with Crippen LogP contribution < -0.4 is 0 Å². The second-order valence-electron chi connectivity index (χ2n) is 5.16. The lowest BCUT2D eigenvalue weighted by Crippen LogP contribution is -2.05. The van der Waals surface area contributed by atoms with E-state index >= 15 is 0 Å². The fourth-order valence-corrected chi connectivity index (χ4v) is 1.98. The Labute approximate surface area is 119 Å². The molecule has 0 amide bonds. The second-order valence-corrected chi connectivity index (χ2v) is 5.16. The Morgan fingerprint density at radius 3 is 2.21 bits per heavy atom. The van der Waals surface area contributed by atoms with Gasteiger partial charge in [0.1, 0.15) is 0 Å². The van der Waals surface area contributed by atoms with Crippen LogP contribution in [0.2, 0.25) is 0 Å². The zero-order chi connectivity index (χ0) is 14.2. The van der Waals surface area contributed by atoms with E-state index in [4.69, 9.17) is 4.74 Å². The minimum Gasteiger partial charge on any atom is -0.466 e. The molecule has 0 heterocycles. The molecule has 112 valence electrons. The maximum atomic E-state index is 11.3. The van der Waals surface area contributed by atoms with E-state index in [1.54, 1.807) is 0 Å². The number of carbonyl (C=O) groups is 1. The summed E-state index contributed by atoms with van der Waals surface area (Å²) in [4.78, 5) is 11.3. The Bertz CT molecular complexity index is 221. The zero-order valence-corrected chi connectivity index (χ0v) is 13.0. The van der Waals surface area contributed by atoms with E-state index in [0.29, 0.717) is 13.0 Å². The van der Waals surface area contributed by atoms with Gasteiger partial charge in [-0.05, 0) is 32.6 Å². The Morgan fingerprint density at radius 2 is 1.58 bits per heavy atom. The molecule has 0 aliphatic heterocycles. The molecule has 19 heavy (non-hydrogen) atoms. The fraction of sp³-hybridized carbons (Fsp3) is 0.824. The van der Waals surface area contributed by atoms with Crippen molar-refractivity contribution in [3.8, 4) is 0 Å². The van der Waals surface area contributed by atoms with E-state index in [2.05, 4.69) is 26.0 Å². The van der Waals surface area contributed by atoms with Crippen molar-refractivity contribution in [2.75, 3.05) is 6.61 Å². The lowest BCUT2D eigenvalue weighted by atomic mass is 10.1. The van der Waals surface area contributed by atoms with Crippen LogP contribution in [0, 0.1) is 0 Å². The van der Waals surface area contributed by atoms with Gasteiger partial charge in [-0.2, -0.15) is 0 Å². The van der Waals surface area contributed by atoms with Crippen LogP contribution in [-0.4, -0.2) is 12.6 Å². The molecule has 0 fully saturated rings. The average molecular weight is 268 g/mol. The van der Waals surface area contributed by atoms with Crippen molar-refractivity contribution in [3.63, 3.8) is 0 Å². The van der Waals surface area contributed by atoms with Gasteiger partial charge >= 0.3 is 5.97 Å². The van der Waals surface area contributed by atoms with Gasteiger partial charge in [0.25, 0.3) is 0 Å². The van der Waals surface area contributed by atoms with Gasteiger partial charge in [-0.1, -0.05) is 57.6 Å². The first-order valence-corrected chi connectivity index (χ1v) is 8.08. The minimum absolute atomic E-state index is 0.0141. The molecule has 0 saturated heterocycles. The SMILES string of the molecule is C/C=C/CCCCCCCCCC(=O)OCCCC. The Morgan fingerprint density at radius 1 is 0.947 bits per heavy atom. The monoisotopic (exact) mass is 268 g/mol. The van der Waals surface area contributed by atoms with Crippen LogP contribution in [0.1, 0.15) is 84.5 Å². The van der Waals surface area contributed by atoms with Crippen molar-refractivity contribution >= 4 is 5.97 Å². The third-order valence-corrected chi connectivity index (χ3v) is 3.25. The van der Waals surface area contributed by atoms with Crippen LogP contribution in [0.25, 0.3) is 0 Å². The van der Waals surface area contributed by atoms with E-state index in [-0.39, 0.29) is 5.97 Å². The molecule has 0 rings (SSSR count). The van der Waals surface area contributed by atoms with Crippen LogP contribution in [0.15, 0.2) is 12.2 Å². The molecule has 2 heteroatoms.